The van der Waals surface area contributed by atoms with Crippen LogP contribution in [-0.2, 0) is 0 Å². The third kappa shape index (κ3) is 9.51. The molecule has 0 heterocycles. The summed E-state index contributed by atoms with van der Waals surface area (Å²) in [5.41, 5.74) is 10.0. The molecule has 0 aliphatic heterocycles. The molecular weight excluding hydrogens is 74.0 g/mol. The van der Waals surface area contributed by atoms with Gasteiger partial charge in [-0.1, -0.05) is 0 Å². The van der Waals surface area contributed by atoms with Crippen LogP contribution in [-0.4, -0.2) is 59.1 Å². The molecular formula is H4N2Na2. The molecule has 16 valence electrons. The van der Waals surface area contributed by atoms with Crippen molar-refractivity contribution >= 4 is 59.1 Å². The SMILES string of the molecule is N=N.[NaH].[NaH]. The Kier molecular flexibility index (Phi) is 102. The molecule has 0 rings (SSSR count). The summed E-state index contributed by atoms with van der Waals surface area (Å²) in [6.45, 7) is 0. The number of rotatable bonds is 0. The Morgan fingerprint density at radius 2 is 0.750 bits per heavy atom. The van der Waals surface area contributed by atoms with Gasteiger partial charge in [0.15, 0.2) is 0 Å². The van der Waals surface area contributed by atoms with Gasteiger partial charge in [-0.15, -0.1) is 0 Å². The molecule has 0 spiro atoms. The predicted octanol–water partition coefficient (Wildman–Crippen LogP) is -0.701. The molecule has 0 aliphatic rings. The average molecular weight is 78.0 g/mol. The molecule has 2 nitrogen and oxygen atoms in total. The third-order valence-corrected chi connectivity index (χ3v) is 0. The molecule has 4 heteroatoms. The van der Waals surface area contributed by atoms with Gasteiger partial charge in [-0.05, 0) is 0 Å². The molecule has 0 aromatic carbocycles. The van der Waals surface area contributed by atoms with E-state index in [9.17, 15) is 0 Å². The first kappa shape index (κ1) is 17.5. The van der Waals surface area contributed by atoms with E-state index in [-0.39, 0.29) is 59.1 Å². The third-order valence-electron chi connectivity index (χ3n) is 0. The summed E-state index contributed by atoms with van der Waals surface area (Å²) in [4.78, 5) is 0. The van der Waals surface area contributed by atoms with Crippen molar-refractivity contribution in [2.24, 2.45) is 0 Å². The van der Waals surface area contributed by atoms with E-state index in [1.807, 2.05) is 0 Å². The fourth-order valence-corrected chi connectivity index (χ4v) is 0. The summed E-state index contributed by atoms with van der Waals surface area (Å²) in [6.07, 6.45) is 0. The van der Waals surface area contributed by atoms with Gasteiger partial charge in [0.1, 0.15) is 0 Å². The minimum atomic E-state index is 0. The van der Waals surface area contributed by atoms with Gasteiger partial charge in [-0.3, -0.25) is 0 Å². The Morgan fingerprint density at radius 3 is 0.750 bits per heavy atom. The Balaban J connectivity index is -0.00000000500. The molecule has 4 heavy (non-hydrogen) atoms. The van der Waals surface area contributed by atoms with Crippen molar-refractivity contribution in [3.8, 4) is 0 Å². The average Bonchev–Trinajstić information content (AvgIpc) is 1.00. The summed E-state index contributed by atoms with van der Waals surface area (Å²) in [7, 11) is 0. The van der Waals surface area contributed by atoms with Gasteiger partial charge in [-0.2, -0.15) is 0 Å². The van der Waals surface area contributed by atoms with E-state index in [1.165, 1.54) is 0 Å². The summed E-state index contributed by atoms with van der Waals surface area (Å²) in [5.74, 6) is 0. The molecule has 0 radical (unpaired) electrons. The molecule has 0 atom stereocenters. The Bertz CT molecular complexity index is 4.00. The molecule has 0 aromatic rings. The van der Waals surface area contributed by atoms with E-state index in [0.717, 1.165) is 0 Å². The quantitative estimate of drug-likeness (QED) is 0.284. The van der Waals surface area contributed by atoms with E-state index < -0.39 is 0 Å². The van der Waals surface area contributed by atoms with Crippen molar-refractivity contribution in [1.82, 2.24) is 0 Å². The van der Waals surface area contributed by atoms with Crippen molar-refractivity contribution in [3.63, 3.8) is 0 Å². The van der Waals surface area contributed by atoms with Crippen molar-refractivity contribution in [3.05, 3.63) is 0 Å². The molecule has 0 aromatic heterocycles. The standard InChI is InChI=1S/H2N2.2Na.2H/c1-2;;;;/h1-2H;;;;. The summed E-state index contributed by atoms with van der Waals surface area (Å²) >= 11 is 0. The van der Waals surface area contributed by atoms with E-state index in [2.05, 4.69) is 0 Å². The molecule has 0 saturated heterocycles. The van der Waals surface area contributed by atoms with E-state index in [1.54, 1.807) is 0 Å². The van der Waals surface area contributed by atoms with Crippen molar-refractivity contribution in [2.45, 2.75) is 0 Å². The second-order valence-electron chi connectivity index (χ2n) is 0. The van der Waals surface area contributed by atoms with Gasteiger partial charge in [-0.25, -0.2) is 11.1 Å². The summed E-state index contributed by atoms with van der Waals surface area (Å²) in [6, 6.07) is 0. The Labute approximate surface area is 69.2 Å². The monoisotopic (exact) mass is 78.0 g/mol. The molecule has 0 aliphatic carbocycles. The first-order valence-electron chi connectivity index (χ1n) is 0.250. The summed E-state index contributed by atoms with van der Waals surface area (Å²) in [5, 5.41) is 0. The van der Waals surface area contributed by atoms with Gasteiger partial charge in [0.2, 0.25) is 0 Å². The fourth-order valence-electron chi connectivity index (χ4n) is 0. The fraction of sp³-hybridized carbons (Fsp3) is 0. The first-order valence-corrected chi connectivity index (χ1v) is 0.250. The van der Waals surface area contributed by atoms with Crippen LogP contribution in [0.3, 0.4) is 0 Å². The minimum absolute atomic E-state index is 0. The van der Waals surface area contributed by atoms with Crippen LogP contribution in [0.5, 0.6) is 0 Å². The molecule has 0 saturated carbocycles. The van der Waals surface area contributed by atoms with Crippen LogP contribution in [0.15, 0.2) is 0 Å². The molecule has 0 unspecified atom stereocenters. The van der Waals surface area contributed by atoms with E-state index in [0.29, 0.717) is 0 Å². The van der Waals surface area contributed by atoms with Crippen molar-refractivity contribution < 1.29 is 0 Å². The first-order chi connectivity index (χ1) is 1.00. The van der Waals surface area contributed by atoms with Gasteiger partial charge < -0.3 is 0 Å². The Hall–Kier alpha value is 1.60. The maximum atomic E-state index is 5.00. The van der Waals surface area contributed by atoms with Gasteiger partial charge in [0.25, 0.3) is 0 Å². The van der Waals surface area contributed by atoms with Crippen molar-refractivity contribution in [2.75, 3.05) is 0 Å². The van der Waals surface area contributed by atoms with Crippen LogP contribution in [0, 0.1) is 11.1 Å². The molecule has 0 fully saturated rings. The molecule has 0 bridgehead atoms. The predicted molar refractivity (Wildman–Crippen MR) is 19.7 cm³/mol. The van der Waals surface area contributed by atoms with Crippen LogP contribution in [0.4, 0.5) is 0 Å². The summed E-state index contributed by atoms with van der Waals surface area (Å²) < 4.78 is 0. The Morgan fingerprint density at radius 1 is 0.750 bits per heavy atom. The zero-order valence-electron chi connectivity index (χ0n) is 1.00. The van der Waals surface area contributed by atoms with Crippen molar-refractivity contribution in [1.29, 1.82) is 11.1 Å². The van der Waals surface area contributed by atoms with Crippen LogP contribution in [0.2, 0.25) is 0 Å². The number of nitrogens with one attached hydrogen (secondary N) is 2. The van der Waals surface area contributed by atoms with Crippen LogP contribution < -0.4 is 0 Å². The topological polar surface area (TPSA) is 47.7 Å². The van der Waals surface area contributed by atoms with Gasteiger partial charge in [0, 0.05) is 0 Å². The van der Waals surface area contributed by atoms with Gasteiger partial charge >= 0.3 is 59.1 Å². The van der Waals surface area contributed by atoms with Crippen LogP contribution >= 0.6 is 0 Å². The van der Waals surface area contributed by atoms with Gasteiger partial charge in [0.05, 0.1) is 0 Å². The normalized spacial score (nSPS) is 1.00. The second kappa shape index (κ2) is 23.3. The zero-order chi connectivity index (χ0) is 2.00. The molecule has 0 amide bonds. The number of hydrogen-bond acceptors (Lipinski definition) is 2. The maximum absolute atomic E-state index is 5.00. The zero-order valence-corrected chi connectivity index (χ0v) is 1.00. The van der Waals surface area contributed by atoms with Crippen LogP contribution in [0.1, 0.15) is 0 Å². The van der Waals surface area contributed by atoms with E-state index in [4.69, 9.17) is 11.1 Å². The van der Waals surface area contributed by atoms with E-state index >= 15 is 0 Å². The second-order valence-corrected chi connectivity index (χ2v) is 0. The molecule has 2 N–H and O–H groups in total. The van der Waals surface area contributed by atoms with Crippen LogP contribution in [0.25, 0.3) is 0 Å². The number of hydrogen-bond donors (Lipinski definition) is 2.